The van der Waals surface area contributed by atoms with E-state index in [4.69, 9.17) is 0 Å². The molecule has 1 saturated heterocycles. The number of hydrogen-bond acceptors (Lipinski definition) is 4. The summed E-state index contributed by atoms with van der Waals surface area (Å²) in [6.07, 6.45) is 14.4. The molecule has 0 spiro atoms. The summed E-state index contributed by atoms with van der Waals surface area (Å²) in [7, 11) is 0. The summed E-state index contributed by atoms with van der Waals surface area (Å²) in [6.45, 7) is 3.06. The van der Waals surface area contributed by atoms with E-state index < -0.39 is 0 Å². The van der Waals surface area contributed by atoms with Crippen LogP contribution in [-0.4, -0.2) is 36.4 Å². The van der Waals surface area contributed by atoms with Crippen molar-refractivity contribution in [1.29, 1.82) is 0 Å². The van der Waals surface area contributed by atoms with Crippen LogP contribution in [0.1, 0.15) is 76.2 Å². The van der Waals surface area contributed by atoms with E-state index in [0.29, 0.717) is 19.5 Å². The molecule has 174 valence electrons. The third kappa shape index (κ3) is 4.79. The molecule has 1 aromatic rings. The first-order chi connectivity index (χ1) is 15.6. The monoisotopic (exact) mass is 438 g/mol. The van der Waals surface area contributed by atoms with Crippen molar-refractivity contribution in [3.8, 4) is 0 Å². The van der Waals surface area contributed by atoms with Gasteiger partial charge < -0.3 is 15.5 Å². The van der Waals surface area contributed by atoms with Gasteiger partial charge in [0.15, 0.2) is 0 Å². The highest BCUT2D eigenvalue weighted by Crippen LogP contribution is 2.60. The van der Waals surface area contributed by atoms with Gasteiger partial charge in [0.1, 0.15) is 5.82 Å². The highest BCUT2D eigenvalue weighted by molar-refractivity contribution is 5.84. The van der Waals surface area contributed by atoms with Crippen LogP contribution in [0.25, 0.3) is 0 Å². The van der Waals surface area contributed by atoms with Gasteiger partial charge in [-0.3, -0.25) is 9.59 Å². The van der Waals surface area contributed by atoms with E-state index in [1.54, 1.807) is 0 Å². The first-order valence-electron chi connectivity index (χ1n) is 12.8. The minimum Gasteiger partial charge on any atom is -0.357 e. The van der Waals surface area contributed by atoms with Crippen LogP contribution in [0.2, 0.25) is 0 Å². The molecule has 4 aliphatic carbocycles. The molecule has 0 radical (unpaired) electrons. The van der Waals surface area contributed by atoms with Gasteiger partial charge in [0, 0.05) is 44.2 Å². The van der Waals surface area contributed by atoms with Gasteiger partial charge in [0.25, 0.3) is 0 Å². The smallest absolute Gasteiger partial charge is 0.226 e. The zero-order valence-electron chi connectivity index (χ0n) is 19.3. The molecule has 0 atom stereocenters. The number of carbonyl (C=O) groups is 2. The van der Waals surface area contributed by atoms with Crippen molar-refractivity contribution >= 4 is 17.6 Å². The number of carbonyl (C=O) groups excluding carboxylic acids is 2. The molecule has 4 bridgehead atoms. The van der Waals surface area contributed by atoms with E-state index in [-0.39, 0.29) is 17.2 Å². The lowest BCUT2D eigenvalue weighted by atomic mass is 9.49. The van der Waals surface area contributed by atoms with Crippen molar-refractivity contribution in [3.05, 3.63) is 23.9 Å². The molecular weight excluding hydrogens is 400 g/mol. The average Bonchev–Trinajstić information content (AvgIpc) is 3.07. The fraction of sp³-hybridized carbons (Fsp3) is 0.731. The number of nitrogens with one attached hydrogen (secondary N) is 2. The molecule has 0 unspecified atom stereocenters. The van der Waals surface area contributed by atoms with Gasteiger partial charge in [-0.25, -0.2) is 4.98 Å². The van der Waals surface area contributed by atoms with Gasteiger partial charge in [-0.05, 0) is 86.8 Å². The number of hydrogen-bond donors (Lipinski definition) is 2. The number of rotatable bonds is 7. The second-order valence-corrected chi connectivity index (χ2v) is 10.9. The molecule has 5 aliphatic rings. The standard InChI is InChI=1S/C26H38N4O2/c31-24(29-18-19-5-7-27-23(14-19)30-9-3-1-2-4-10-30)6-8-28-25(32)26-15-20-11-21(16-26)13-22(12-20)17-26/h5,7,14,20-22H,1-4,6,8-13,15-18H2,(H,28,32)(H,29,31). The van der Waals surface area contributed by atoms with Crippen LogP contribution >= 0.6 is 0 Å². The van der Waals surface area contributed by atoms with E-state index in [2.05, 4.69) is 26.6 Å². The maximum atomic E-state index is 13.0. The molecule has 2 N–H and O–H groups in total. The first kappa shape index (κ1) is 21.7. The third-order valence-corrected chi connectivity index (χ3v) is 8.39. The Morgan fingerprint density at radius 1 is 0.969 bits per heavy atom. The average molecular weight is 439 g/mol. The van der Waals surface area contributed by atoms with Gasteiger partial charge in [-0.2, -0.15) is 0 Å². The lowest BCUT2D eigenvalue weighted by Gasteiger charge is -2.55. The van der Waals surface area contributed by atoms with Crippen LogP contribution in [0.5, 0.6) is 0 Å². The van der Waals surface area contributed by atoms with E-state index in [1.807, 2.05) is 12.3 Å². The van der Waals surface area contributed by atoms with E-state index in [0.717, 1.165) is 61.5 Å². The maximum Gasteiger partial charge on any atom is 0.226 e. The lowest BCUT2D eigenvalue weighted by Crippen LogP contribution is -2.53. The minimum atomic E-state index is -0.133. The fourth-order valence-electron chi connectivity index (χ4n) is 7.20. The van der Waals surface area contributed by atoms with Crippen molar-refractivity contribution in [2.75, 3.05) is 24.5 Å². The van der Waals surface area contributed by atoms with Gasteiger partial charge >= 0.3 is 0 Å². The predicted molar refractivity (Wildman–Crippen MR) is 125 cm³/mol. The molecule has 0 aromatic carbocycles. The fourth-order valence-corrected chi connectivity index (χ4v) is 7.20. The van der Waals surface area contributed by atoms with E-state index >= 15 is 0 Å². The molecular formula is C26H38N4O2. The minimum absolute atomic E-state index is 0.0102. The molecule has 6 heteroatoms. The Kier molecular flexibility index (Phi) is 6.38. The predicted octanol–water partition coefficient (Wildman–Crippen LogP) is 3.80. The van der Waals surface area contributed by atoms with E-state index in [1.165, 1.54) is 44.9 Å². The van der Waals surface area contributed by atoms with Crippen LogP contribution in [0, 0.1) is 23.2 Å². The van der Waals surface area contributed by atoms with Crippen LogP contribution in [-0.2, 0) is 16.1 Å². The topological polar surface area (TPSA) is 74.3 Å². The normalized spacial score (nSPS) is 31.2. The Hall–Kier alpha value is -2.11. The highest BCUT2D eigenvalue weighted by atomic mass is 16.2. The molecule has 2 amide bonds. The Bertz CT molecular complexity index is 796. The number of pyridine rings is 1. The Morgan fingerprint density at radius 2 is 1.62 bits per heavy atom. The van der Waals surface area contributed by atoms with Gasteiger partial charge in [0.05, 0.1) is 0 Å². The summed E-state index contributed by atoms with van der Waals surface area (Å²) in [5.74, 6) is 3.49. The van der Waals surface area contributed by atoms with Crippen molar-refractivity contribution in [2.45, 2.75) is 77.2 Å². The zero-order chi connectivity index (χ0) is 22.0. The van der Waals surface area contributed by atoms with Crippen LogP contribution in [0.4, 0.5) is 5.82 Å². The molecule has 4 saturated carbocycles. The number of nitrogens with zero attached hydrogens (tertiary/aromatic N) is 2. The Labute approximate surface area is 191 Å². The largest absolute Gasteiger partial charge is 0.357 e. The SMILES string of the molecule is O=C(CCNC(=O)C12CC3CC(CC(C3)C1)C2)NCc1ccnc(N2CCCCCC2)c1. The number of anilines is 1. The lowest BCUT2D eigenvalue weighted by molar-refractivity contribution is -0.146. The summed E-state index contributed by atoms with van der Waals surface area (Å²) in [6, 6.07) is 4.07. The van der Waals surface area contributed by atoms with Crippen molar-refractivity contribution in [1.82, 2.24) is 15.6 Å². The maximum absolute atomic E-state index is 13.0. The summed E-state index contributed by atoms with van der Waals surface area (Å²) in [5.41, 5.74) is 0.941. The molecule has 2 heterocycles. The first-order valence-corrected chi connectivity index (χ1v) is 12.8. The molecule has 5 fully saturated rings. The molecule has 32 heavy (non-hydrogen) atoms. The summed E-state index contributed by atoms with van der Waals surface area (Å²) >= 11 is 0. The zero-order valence-corrected chi connectivity index (χ0v) is 19.3. The Morgan fingerprint density at radius 3 is 2.28 bits per heavy atom. The van der Waals surface area contributed by atoms with E-state index in [9.17, 15) is 9.59 Å². The summed E-state index contributed by atoms with van der Waals surface area (Å²) in [5, 5.41) is 6.12. The quantitative estimate of drug-likeness (QED) is 0.679. The van der Waals surface area contributed by atoms with Crippen molar-refractivity contribution in [3.63, 3.8) is 0 Å². The third-order valence-electron chi connectivity index (χ3n) is 8.39. The number of amides is 2. The van der Waals surface area contributed by atoms with Crippen LogP contribution in [0.15, 0.2) is 18.3 Å². The Balaban J connectivity index is 1.06. The molecule has 1 aromatic heterocycles. The van der Waals surface area contributed by atoms with Crippen molar-refractivity contribution in [2.24, 2.45) is 23.2 Å². The van der Waals surface area contributed by atoms with Crippen LogP contribution in [0.3, 0.4) is 0 Å². The highest BCUT2D eigenvalue weighted by Gasteiger charge is 2.54. The number of aromatic nitrogens is 1. The van der Waals surface area contributed by atoms with Gasteiger partial charge in [0.2, 0.25) is 11.8 Å². The van der Waals surface area contributed by atoms with Gasteiger partial charge in [-0.1, -0.05) is 12.8 Å². The van der Waals surface area contributed by atoms with Crippen LogP contribution < -0.4 is 15.5 Å². The van der Waals surface area contributed by atoms with Gasteiger partial charge in [-0.15, -0.1) is 0 Å². The molecule has 6 nitrogen and oxygen atoms in total. The molecule has 1 aliphatic heterocycles. The summed E-state index contributed by atoms with van der Waals surface area (Å²) < 4.78 is 0. The summed E-state index contributed by atoms with van der Waals surface area (Å²) in [4.78, 5) is 32.3. The second kappa shape index (κ2) is 9.40. The van der Waals surface area contributed by atoms with Crippen molar-refractivity contribution < 1.29 is 9.59 Å². The second-order valence-electron chi connectivity index (χ2n) is 10.9. The molecule has 6 rings (SSSR count).